The molecule has 4 rings (SSSR count). The van der Waals surface area contributed by atoms with Crippen LogP contribution in [0.1, 0.15) is 26.1 Å². The molecule has 23 heavy (non-hydrogen) atoms. The van der Waals surface area contributed by atoms with Crippen molar-refractivity contribution in [2.45, 2.75) is 32.2 Å². The van der Waals surface area contributed by atoms with Gasteiger partial charge in [-0.05, 0) is 44.0 Å². The predicted octanol–water partition coefficient (Wildman–Crippen LogP) is 4.11. The Labute approximate surface area is 136 Å². The fourth-order valence-electron chi connectivity index (χ4n) is 3.24. The second-order valence-electron chi connectivity index (χ2n) is 6.34. The van der Waals surface area contributed by atoms with Crippen LogP contribution >= 0.6 is 11.6 Å². The van der Waals surface area contributed by atoms with E-state index in [1.165, 1.54) is 6.07 Å². The number of rotatable bonds is 1. The normalized spacial score (nSPS) is 16.0. The van der Waals surface area contributed by atoms with Gasteiger partial charge in [0, 0.05) is 17.5 Å². The lowest BCUT2D eigenvalue weighted by molar-refractivity contribution is 0.386. The summed E-state index contributed by atoms with van der Waals surface area (Å²) in [7, 11) is 0. The molecule has 3 heterocycles. The van der Waals surface area contributed by atoms with E-state index in [4.69, 9.17) is 11.6 Å². The number of nitrogens with zero attached hydrogens (tertiary/aromatic N) is 4. The van der Waals surface area contributed by atoms with Crippen LogP contribution in [0.2, 0.25) is 5.28 Å². The standard InChI is InChI=1S/C16H13ClF2N4/c1-16(2)4-3-12-21-14-9(18)5-8(6-11(14)23(12)16)13-10(19)7-20-15(17)22-13/h5-7H,3-4H2,1-2H3. The fraction of sp³-hybridized carbons (Fsp3) is 0.312. The van der Waals surface area contributed by atoms with Crippen molar-refractivity contribution in [3.8, 4) is 11.3 Å². The zero-order valence-electron chi connectivity index (χ0n) is 12.6. The van der Waals surface area contributed by atoms with E-state index in [-0.39, 0.29) is 16.5 Å². The van der Waals surface area contributed by atoms with Gasteiger partial charge in [0.2, 0.25) is 5.28 Å². The second kappa shape index (κ2) is 4.71. The van der Waals surface area contributed by atoms with Crippen LogP contribution in [0.5, 0.6) is 0 Å². The number of halogens is 3. The van der Waals surface area contributed by atoms with E-state index < -0.39 is 11.6 Å². The summed E-state index contributed by atoms with van der Waals surface area (Å²) in [6, 6.07) is 2.95. The molecule has 0 unspecified atom stereocenters. The molecule has 0 atom stereocenters. The third-order valence-corrected chi connectivity index (χ3v) is 4.52. The number of imidazole rings is 1. The van der Waals surface area contributed by atoms with Crippen LogP contribution in [-0.2, 0) is 12.0 Å². The van der Waals surface area contributed by atoms with Gasteiger partial charge in [0.05, 0.1) is 11.7 Å². The van der Waals surface area contributed by atoms with Gasteiger partial charge in [-0.25, -0.2) is 23.7 Å². The second-order valence-corrected chi connectivity index (χ2v) is 6.68. The van der Waals surface area contributed by atoms with Gasteiger partial charge in [-0.1, -0.05) is 0 Å². The third-order valence-electron chi connectivity index (χ3n) is 4.34. The highest BCUT2D eigenvalue weighted by molar-refractivity contribution is 6.28. The Hall–Kier alpha value is -2.08. The number of aryl methyl sites for hydroxylation is 1. The average Bonchev–Trinajstić information content (AvgIpc) is 3.00. The lowest BCUT2D eigenvalue weighted by Crippen LogP contribution is -2.21. The van der Waals surface area contributed by atoms with Crippen LogP contribution in [0.3, 0.4) is 0 Å². The van der Waals surface area contributed by atoms with Gasteiger partial charge < -0.3 is 4.57 Å². The molecular formula is C16H13ClF2N4. The summed E-state index contributed by atoms with van der Waals surface area (Å²) < 4.78 is 30.5. The zero-order valence-corrected chi connectivity index (χ0v) is 13.3. The van der Waals surface area contributed by atoms with Gasteiger partial charge >= 0.3 is 0 Å². The van der Waals surface area contributed by atoms with Crippen LogP contribution in [0, 0.1) is 11.6 Å². The smallest absolute Gasteiger partial charge is 0.223 e. The predicted molar refractivity (Wildman–Crippen MR) is 83.3 cm³/mol. The molecule has 1 aliphatic rings. The molecule has 3 aromatic rings. The molecule has 0 saturated carbocycles. The first-order chi connectivity index (χ1) is 10.9. The topological polar surface area (TPSA) is 43.6 Å². The highest BCUT2D eigenvalue weighted by atomic mass is 35.5. The van der Waals surface area contributed by atoms with Crippen molar-refractivity contribution in [1.29, 1.82) is 0 Å². The Morgan fingerprint density at radius 1 is 1.17 bits per heavy atom. The van der Waals surface area contributed by atoms with Crippen molar-refractivity contribution in [2.75, 3.05) is 0 Å². The van der Waals surface area contributed by atoms with Gasteiger partial charge in [0.25, 0.3) is 0 Å². The van der Waals surface area contributed by atoms with Crippen LogP contribution in [0.4, 0.5) is 8.78 Å². The van der Waals surface area contributed by atoms with E-state index in [2.05, 4.69) is 28.8 Å². The molecule has 2 aromatic heterocycles. The van der Waals surface area contributed by atoms with E-state index >= 15 is 0 Å². The minimum absolute atomic E-state index is 0.0165. The summed E-state index contributed by atoms with van der Waals surface area (Å²) in [6.07, 6.45) is 2.71. The summed E-state index contributed by atoms with van der Waals surface area (Å²) in [5.74, 6) is -0.292. The van der Waals surface area contributed by atoms with Crippen LogP contribution < -0.4 is 0 Å². The number of hydrogen-bond donors (Lipinski definition) is 0. The Bertz CT molecular complexity index is 949. The summed E-state index contributed by atoms with van der Waals surface area (Å²) in [5, 5.41) is -0.0826. The molecular weight excluding hydrogens is 322 g/mol. The zero-order chi connectivity index (χ0) is 16.4. The van der Waals surface area contributed by atoms with Crippen LogP contribution in [0.25, 0.3) is 22.3 Å². The minimum atomic E-state index is -0.645. The van der Waals surface area contributed by atoms with E-state index in [0.717, 1.165) is 24.9 Å². The molecule has 0 amide bonds. The van der Waals surface area contributed by atoms with E-state index in [9.17, 15) is 8.78 Å². The molecule has 0 radical (unpaired) electrons. The van der Waals surface area contributed by atoms with Gasteiger partial charge in [0.1, 0.15) is 17.0 Å². The Morgan fingerprint density at radius 3 is 2.74 bits per heavy atom. The first kappa shape index (κ1) is 14.5. The van der Waals surface area contributed by atoms with E-state index in [0.29, 0.717) is 16.6 Å². The molecule has 118 valence electrons. The van der Waals surface area contributed by atoms with E-state index in [1.54, 1.807) is 6.07 Å². The molecule has 0 saturated heterocycles. The van der Waals surface area contributed by atoms with Gasteiger partial charge in [-0.2, -0.15) is 0 Å². The Balaban J connectivity index is 2.02. The monoisotopic (exact) mass is 334 g/mol. The lowest BCUT2D eigenvalue weighted by Gasteiger charge is -2.22. The third kappa shape index (κ3) is 2.12. The summed E-state index contributed by atoms with van der Waals surface area (Å²) in [5.41, 5.74) is 1.10. The Kier molecular flexibility index (Phi) is 2.97. The number of hydrogen-bond acceptors (Lipinski definition) is 3. The molecule has 0 aliphatic carbocycles. The maximum absolute atomic E-state index is 14.5. The molecule has 1 aliphatic heterocycles. The first-order valence-corrected chi connectivity index (χ1v) is 7.64. The average molecular weight is 335 g/mol. The Morgan fingerprint density at radius 2 is 1.96 bits per heavy atom. The SMILES string of the molecule is CC1(C)CCc2nc3c(F)cc(-c4nc(Cl)ncc4F)cc3n21. The number of aromatic nitrogens is 4. The highest BCUT2D eigenvalue weighted by Crippen LogP contribution is 2.37. The van der Waals surface area contributed by atoms with E-state index in [1.807, 2.05) is 4.57 Å². The summed E-state index contributed by atoms with van der Waals surface area (Å²) in [6.45, 7) is 4.16. The first-order valence-electron chi connectivity index (χ1n) is 7.26. The lowest BCUT2D eigenvalue weighted by atomic mass is 10.0. The van der Waals surface area contributed by atoms with Crippen molar-refractivity contribution >= 4 is 22.6 Å². The quantitative estimate of drug-likeness (QED) is 0.629. The molecule has 4 nitrogen and oxygen atoms in total. The van der Waals surface area contributed by atoms with Crippen molar-refractivity contribution in [2.24, 2.45) is 0 Å². The van der Waals surface area contributed by atoms with Gasteiger partial charge in [-0.15, -0.1) is 0 Å². The van der Waals surface area contributed by atoms with Crippen molar-refractivity contribution in [3.05, 3.63) is 41.1 Å². The molecule has 0 bridgehead atoms. The number of benzene rings is 1. The van der Waals surface area contributed by atoms with Crippen molar-refractivity contribution < 1.29 is 8.78 Å². The summed E-state index contributed by atoms with van der Waals surface area (Å²) >= 11 is 5.74. The van der Waals surface area contributed by atoms with Crippen LogP contribution in [0.15, 0.2) is 18.3 Å². The minimum Gasteiger partial charge on any atom is -0.322 e. The highest BCUT2D eigenvalue weighted by Gasteiger charge is 2.33. The molecule has 1 aromatic carbocycles. The molecule has 0 fully saturated rings. The largest absolute Gasteiger partial charge is 0.322 e. The number of fused-ring (bicyclic) bond motifs is 3. The molecule has 0 N–H and O–H groups in total. The van der Waals surface area contributed by atoms with Crippen molar-refractivity contribution in [1.82, 2.24) is 19.5 Å². The summed E-state index contributed by atoms with van der Waals surface area (Å²) in [4.78, 5) is 11.9. The molecule has 7 heteroatoms. The maximum Gasteiger partial charge on any atom is 0.223 e. The van der Waals surface area contributed by atoms with Gasteiger partial charge in [-0.3, -0.25) is 0 Å². The van der Waals surface area contributed by atoms with Crippen molar-refractivity contribution in [3.63, 3.8) is 0 Å². The maximum atomic E-state index is 14.5. The fourth-order valence-corrected chi connectivity index (χ4v) is 3.37. The van der Waals surface area contributed by atoms with Crippen LogP contribution in [-0.4, -0.2) is 19.5 Å². The molecule has 0 spiro atoms. The van der Waals surface area contributed by atoms with Gasteiger partial charge in [0.15, 0.2) is 11.6 Å².